The summed E-state index contributed by atoms with van der Waals surface area (Å²) in [7, 11) is 0. The fraction of sp³-hybridized carbons (Fsp3) is 0.179. The van der Waals surface area contributed by atoms with E-state index in [1.807, 2.05) is 24.3 Å². The Morgan fingerprint density at radius 3 is 2.45 bits per heavy atom. The number of rotatable bonds is 9. The molecular formula is C28H25N3O6S. The van der Waals surface area contributed by atoms with Crippen molar-refractivity contribution < 1.29 is 24.0 Å². The van der Waals surface area contributed by atoms with Crippen molar-refractivity contribution >= 4 is 46.3 Å². The maximum atomic E-state index is 12.8. The highest BCUT2D eigenvalue weighted by Crippen LogP contribution is 2.34. The van der Waals surface area contributed by atoms with Gasteiger partial charge in [-0.2, -0.15) is 0 Å². The van der Waals surface area contributed by atoms with Crippen molar-refractivity contribution in [3.8, 4) is 5.75 Å². The van der Waals surface area contributed by atoms with Crippen LogP contribution in [-0.2, 0) is 16.1 Å². The molecule has 1 N–H and O–H groups in total. The van der Waals surface area contributed by atoms with Gasteiger partial charge in [0.1, 0.15) is 5.75 Å². The van der Waals surface area contributed by atoms with E-state index in [1.165, 1.54) is 18.2 Å². The molecule has 0 radical (unpaired) electrons. The summed E-state index contributed by atoms with van der Waals surface area (Å²) in [5.41, 5.74) is 2.57. The zero-order valence-corrected chi connectivity index (χ0v) is 21.6. The van der Waals surface area contributed by atoms with Crippen LogP contribution in [0.5, 0.6) is 5.75 Å². The predicted molar refractivity (Wildman–Crippen MR) is 146 cm³/mol. The second-order valence-electron chi connectivity index (χ2n) is 8.80. The van der Waals surface area contributed by atoms with E-state index in [1.54, 1.807) is 36.4 Å². The molecule has 1 heterocycles. The Morgan fingerprint density at radius 1 is 1.05 bits per heavy atom. The van der Waals surface area contributed by atoms with Gasteiger partial charge in [0.15, 0.2) is 6.61 Å². The molecule has 0 unspecified atom stereocenters. The standard InChI is InChI=1S/C28H25N3O6S/c1-18(2)22-8-4-5-9-23(22)29-26(32)17-37-21-13-11-19(12-14-21)15-25-27(33)30(28(34)38-25)16-20-7-3-6-10-24(20)31(35)36/h3-15,18H,16-17H2,1-2H3,(H,29,32)/b25-15+. The molecular weight excluding hydrogens is 506 g/mol. The van der Waals surface area contributed by atoms with Gasteiger partial charge in [-0.3, -0.25) is 29.4 Å². The molecule has 10 heteroatoms. The summed E-state index contributed by atoms with van der Waals surface area (Å²) in [5.74, 6) is -0.0662. The summed E-state index contributed by atoms with van der Waals surface area (Å²) in [6.45, 7) is 3.75. The molecule has 1 aliphatic heterocycles. The number of benzene rings is 3. The van der Waals surface area contributed by atoms with Gasteiger partial charge in [0.05, 0.1) is 16.4 Å². The lowest BCUT2D eigenvalue weighted by Gasteiger charge is -2.14. The van der Waals surface area contributed by atoms with Crippen molar-refractivity contribution in [1.29, 1.82) is 0 Å². The third kappa shape index (κ3) is 6.27. The Kier molecular flexibility index (Phi) is 8.22. The van der Waals surface area contributed by atoms with Crippen LogP contribution in [0.1, 0.15) is 36.5 Å². The molecule has 0 atom stereocenters. The lowest BCUT2D eigenvalue weighted by Crippen LogP contribution is -2.27. The summed E-state index contributed by atoms with van der Waals surface area (Å²) in [6, 6.07) is 20.4. The molecule has 1 aliphatic rings. The zero-order chi connectivity index (χ0) is 27.2. The van der Waals surface area contributed by atoms with Crippen LogP contribution in [0.3, 0.4) is 0 Å². The van der Waals surface area contributed by atoms with Crippen LogP contribution in [0.25, 0.3) is 6.08 Å². The number of hydrogen-bond acceptors (Lipinski definition) is 7. The van der Waals surface area contributed by atoms with Gasteiger partial charge in [-0.15, -0.1) is 0 Å². The van der Waals surface area contributed by atoms with Crippen LogP contribution < -0.4 is 10.1 Å². The minimum Gasteiger partial charge on any atom is -0.484 e. The average molecular weight is 532 g/mol. The number of ether oxygens (including phenoxy) is 1. The van der Waals surface area contributed by atoms with E-state index >= 15 is 0 Å². The quantitative estimate of drug-likeness (QED) is 0.205. The Hall–Kier alpha value is -4.44. The minimum absolute atomic E-state index is 0.149. The van der Waals surface area contributed by atoms with Gasteiger partial charge < -0.3 is 10.1 Å². The van der Waals surface area contributed by atoms with E-state index < -0.39 is 16.1 Å². The van der Waals surface area contributed by atoms with Crippen LogP contribution in [0.2, 0.25) is 0 Å². The number of nitro benzene ring substituents is 1. The normalized spacial score (nSPS) is 14.3. The molecule has 1 saturated heterocycles. The van der Waals surface area contributed by atoms with Gasteiger partial charge in [0.2, 0.25) is 0 Å². The second-order valence-corrected chi connectivity index (χ2v) is 9.79. The average Bonchev–Trinajstić information content (AvgIpc) is 3.16. The first-order valence-corrected chi connectivity index (χ1v) is 12.6. The molecule has 0 aliphatic carbocycles. The first-order valence-electron chi connectivity index (χ1n) is 11.8. The van der Waals surface area contributed by atoms with Crippen LogP contribution >= 0.6 is 11.8 Å². The van der Waals surface area contributed by atoms with Gasteiger partial charge in [0, 0.05) is 17.3 Å². The lowest BCUT2D eigenvalue weighted by molar-refractivity contribution is -0.385. The van der Waals surface area contributed by atoms with Crippen molar-refractivity contribution in [2.45, 2.75) is 26.3 Å². The van der Waals surface area contributed by atoms with Crippen molar-refractivity contribution in [2.75, 3.05) is 11.9 Å². The first kappa shape index (κ1) is 26.6. The number of hydrogen-bond donors (Lipinski definition) is 1. The number of carbonyl (C=O) groups excluding carboxylic acids is 3. The minimum atomic E-state index is -0.540. The van der Waals surface area contributed by atoms with Crippen molar-refractivity contribution in [3.63, 3.8) is 0 Å². The second kappa shape index (κ2) is 11.7. The van der Waals surface area contributed by atoms with Crippen molar-refractivity contribution in [3.05, 3.63) is 105 Å². The number of nitrogens with zero attached hydrogens (tertiary/aromatic N) is 2. The number of nitro groups is 1. The van der Waals surface area contributed by atoms with Crippen LogP contribution in [0.4, 0.5) is 16.2 Å². The molecule has 38 heavy (non-hydrogen) atoms. The molecule has 0 aromatic heterocycles. The maximum absolute atomic E-state index is 12.8. The Morgan fingerprint density at radius 2 is 1.74 bits per heavy atom. The molecule has 3 aromatic rings. The molecule has 9 nitrogen and oxygen atoms in total. The van der Waals surface area contributed by atoms with E-state index in [0.717, 1.165) is 27.9 Å². The van der Waals surface area contributed by atoms with Gasteiger partial charge in [-0.25, -0.2) is 0 Å². The van der Waals surface area contributed by atoms with Crippen LogP contribution in [0.15, 0.2) is 77.7 Å². The van der Waals surface area contributed by atoms with Crippen LogP contribution in [0, 0.1) is 10.1 Å². The zero-order valence-electron chi connectivity index (χ0n) is 20.7. The number of para-hydroxylation sites is 2. The summed E-state index contributed by atoms with van der Waals surface area (Å²) >= 11 is 0.777. The molecule has 0 bridgehead atoms. The molecule has 0 saturated carbocycles. The topological polar surface area (TPSA) is 119 Å². The monoisotopic (exact) mass is 531 g/mol. The SMILES string of the molecule is CC(C)c1ccccc1NC(=O)COc1ccc(/C=C2/SC(=O)N(Cc3ccccc3[N+](=O)[O-])C2=O)cc1. The Balaban J connectivity index is 1.37. The summed E-state index contributed by atoms with van der Waals surface area (Å²) in [6.07, 6.45) is 1.57. The predicted octanol–water partition coefficient (Wildman–Crippen LogP) is 5.97. The van der Waals surface area contributed by atoms with Crippen LogP contribution in [-0.4, -0.2) is 33.5 Å². The highest BCUT2D eigenvalue weighted by molar-refractivity contribution is 8.18. The van der Waals surface area contributed by atoms with Gasteiger partial charge in [0.25, 0.3) is 22.7 Å². The Labute approximate surface area is 223 Å². The fourth-order valence-electron chi connectivity index (χ4n) is 3.89. The molecule has 3 amide bonds. The molecule has 4 rings (SSSR count). The molecule has 1 fully saturated rings. The molecule has 194 valence electrons. The number of carbonyl (C=O) groups is 3. The highest BCUT2D eigenvalue weighted by Gasteiger charge is 2.36. The van der Waals surface area contributed by atoms with Crippen molar-refractivity contribution in [2.24, 2.45) is 0 Å². The maximum Gasteiger partial charge on any atom is 0.293 e. The van der Waals surface area contributed by atoms with E-state index in [9.17, 15) is 24.5 Å². The van der Waals surface area contributed by atoms with E-state index in [4.69, 9.17) is 4.74 Å². The van der Waals surface area contributed by atoms with E-state index in [2.05, 4.69) is 19.2 Å². The van der Waals surface area contributed by atoms with Crippen molar-refractivity contribution in [1.82, 2.24) is 4.90 Å². The third-order valence-electron chi connectivity index (χ3n) is 5.80. The fourth-order valence-corrected chi connectivity index (χ4v) is 4.73. The van der Waals surface area contributed by atoms with E-state index in [-0.39, 0.29) is 41.1 Å². The number of imide groups is 1. The lowest BCUT2D eigenvalue weighted by atomic mass is 10.0. The number of amides is 3. The Bertz CT molecular complexity index is 1420. The van der Waals surface area contributed by atoms with Gasteiger partial charge >= 0.3 is 0 Å². The number of nitrogens with one attached hydrogen (secondary N) is 1. The molecule has 0 spiro atoms. The summed E-state index contributed by atoms with van der Waals surface area (Å²) in [5, 5.41) is 13.6. The first-order chi connectivity index (χ1) is 18.2. The smallest absolute Gasteiger partial charge is 0.293 e. The summed E-state index contributed by atoms with van der Waals surface area (Å²) in [4.78, 5) is 49.6. The third-order valence-corrected chi connectivity index (χ3v) is 6.70. The number of anilines is 1. The van der Waals surface area contributed by atoms with Gasteiger partial charge in [-0.1, -0.05) is 62.4 Å². The molecule has 3 aromatic carbocycles. The summed E-state index contributed by atoms with van der Waals surface area (Å²) < 4.78 is 5.60. The van der Waals surface area contributed by atoms with E-state index in [0.29, 0.717) is 11.3 Å². The number of thioether (sulfide) groups is 1. The highest BCUT2D eigenvalue weighted by atomic mass is 32.2. The largest absolute Gasteiger partial charge is 0.484 e. The van der Waals surface area contributed by atoms with Gasteiger partial charge in [-0.05, 0) is 53.1 Å².